The van der Waals surface area contributed by atoms with Crippen LogP contribution < -0.4 is 15.6 Å². The van der Waals surface area contributed by atoms with Crippen molar-refractivity contribution in [3.05, 3.63) is 66.4 Å². The topological polar surface area (TPSA) is 113 Å². The van der Waals surface area contributed by atoms with Gasteiger partial charge in [-0.1, -0.05) is 36.8 Å². The highest BCUT2D eigenvalue weighted by Crippen LogP contribution is 2.40. The van der Waals surface area contributed by atoms with Crippen molar-refractivity contribution >= 4 is 33.4 Å². The van der Waals surface area contributed by atoms with Gasteiger partial charge in [0, 0.05) is 19.2 Å². The average molecular weight is 565 g/mol. The fourth-order valence-corrected chi connectivity index (χ4v) is 6.88. The van der Waals surface area contributed by atoms with E-state index in [1.54, 1.807) is 34.1 Å². The van der Waals surface area contributed by atoms with E-state index in [0.29, 0.717) is 30.0 Å². The predicted molar refractivity (Wildman–Crippen MR) is 155 cm³/mol. The molecular formula is C30H36N4O5S. The van der Waals surface area contributed by atoms with E-state index in [2.05, 4.69) is 0 Å². The second-order valence-corrected chi connectivity index (χ2v) is 12.5. The molecule has 1 unspecified atom stereocenters. The van der Waals surface area contributed by atoms with Crippen LogP contribution >= 0.6 is 0 Å². The molecule has 9 nitrogen and oxygen atoms in total. The molecule has 2 aliphatic carbocycles. The highest BCUT2D eigenvalue weighted by molar-refractivity contribution is 7.89. The number of amides is 2. The minimum absolute atomic E-state index is 0.0847. The second-order valence-electron chi connectivity index (χ2n) is 10.6. The van der Waals surface area contributed by atoms with E-state index >= 15 is 0 Å². The molecule has 40 heavy (non-hydrogen) atoms. The number of carbonyl (C=O) groups is 2. The number of hydrazine groups is 1. The fourth-order valence-electron chi connectivity index (χ4n) is 5.71. The van der Waals surface area contributed by atoms with Gasteiger partial charge >= 0.3 is 6.09 Å². The average Bonchev–Trinajstić information content (AvgIpc) is 2.97. The number of ether oxygens (including phenoxy) is 1. The van der Waals surface area contributed by atoms with Crippen LogP contribution in [0.15, 0.2) is 71.3 Å². The van der Waals surface area contributed by atoms with E-state index in [1.165, 1.54) is 19.1 Å². The molecule has 0 spiro atoms. The van der Waals surface area contributed by atoms with E-state index in [-0.39, 0.29) is 22.9 Å². The van der Waals surface area contributed by atoms with Crippen LogP contribution in [0.5, 0.6) is 0 Å². The molecule has 2 N–H and O–H groups in total. The van der Waals surface area contributed by atoms with Gasteiger partial charge in [0.05, 0.1) is 22.3 Å². The lowest BCUT2D eigenvalue weighted by Crippen LogP contribution is -2.52. The van der Waals surface area contributed by atoms with Crippen LogP contribution in [0.25, 0.3) is 11.1 Å². The summed E-state index contributed by atoms with van der Waals surface area (Å²) in [6, 6.07) is 11.8. The van der Waals surface area contributed by atoms with Crippen molar-refractivity contribution in [2.75, 3.05) is 16.3 Å². The molecule has 0 aromatic heterocycles. The Morgan fingerprint density at radius 2 is 1.70 bits per heavy atom. The third-order valence-electron chi connectivity index (χ3n) is 7.81. The summed E-state index contributed by atoms with van der Waals surface area (Å²) in [5, 5.41) is 0. The number of sulfonamides is 1. The minimum Gasteiger partial charge on any atom is -0.446 e. The quantitative estimate of drug-likeness (QED) is 0.380. The molecule has 1 atom stereocenters. The van der Waals surface area contributed by atoms with E-state index in [9.17, 15) is 18.0 Å². The SMILES string of the molecule is CC(=O)N1c2ccc(-c3ccc(S(=O)(=O)N(N)C4=CC=CCC4)cc3)cc2N(C(=O)OC2CCCCC2)CC1C. The summed E-state index contributed by atoms with van der Waals surface area (Å²) in [6.45, 7) is 3.75. The van der Waals surface area contributed by atoms with Gasteiger partial charge in [-0.3, -0.25) is 9.69 Å². The zero-order valence-corrected chi connectivity index (χ0v) is 23.8. The van der Waals surface area contributed by atoms with Crippen LogP contribution in [0.4, 0.5) is 16.2 Å². The molecule has 10 heteroatoms. The van der Waals surface area contributed by atoms with Gasteiger partial charge in [-0.25, -0.2) is 15.1 Å². The first-order chi connectivity index (χ1) is 19.2. The first-order valence-electron chi connectivity index (χ1n) is 13.8. The summed E-state index contributed by atoms with van der Waals surface area (Å²) >= 11 is 0. The number of rotatable bonds is 5. The van der Waals surface area contributed by atoms with E-state index in [4.69, 9.17) is 10.6 Å². The lowest BCUT2D eigenvalue weighted by Gasteiger charge is -2.41. The van der Waals surface area contributed by atoms with Crippen molar-refractivity contribution in [3.63, 3.8) is 0 Å². The largest absolute Gasteiger partial charge is 0.446 e. The van der Waals surface area contributed by atoms with E-state index in [1.807, 2.05) is 31.2 Å². The van der Waals surface area contributed by atoms with Crippen LogP contribution in [0.1, 0.15) is 58.8 Å². The molecule has 2 aromatic rings. The summed E-state index contributed by atoms with van der Waals surface area (Å²) in [5.74, 6) is 5.90. The number of hydrogen-bond donors (Lipinski definition) is 1. The van der Waals surface area contributed by atoms with Crippen LogP contribution in [-0.4, -0.2) is 43.5 Å². The molecule has 0 saturated heterocycles. The maximum atomic E-state index is 13.4. The third-order valence-corrected chi connectivity index (χ3v) is 9.43. The zero-order chi connectivity index (χ0) is 28.4. The first kappa shape index (κ1) is 27.9. The summed E-state index contributed by atoms with van der Waals surface area (Å²) < 4.78 is 33.0. The fraction of sp³-hybridized carbons (Fsp3) is 0.400. The molecule has 1 fully saturated rings. The van der Waals surface area contributed by atoms with E-state index < -0.39 is 16.1 Å². The van der Waals surface area contributed by atoms with Gasteiger partial charge in [0.25, 0.3) is 10.0 Å². The lowest BCUT2D eigenvalue weighted by molar-refractivity contribution is -0.117. The number of nitrogens with two attached hydrogens (primary N) is 1. The number of nitrogens with zero attached hydrogens (tertiary/aromatic N) is 3. The van der Waals surface area contributed by atoms with Crippen molar-refractivity contribution < 1.29 is 22.7 Å². The van der Waals surface area contributed by atoms with Gasteiger partial charge in [0.15, 0.2) is 0 Å². The van der Waals surface area contributed by atoms with Gasteiger partial charge < -0.3 is 9.64 Å². The summed E-state index contributed by atoms with van der Waals surface area (Å²) in [7, 11) is -3.91. The molecule has 3 aliphatic rings. The van der Waals surface area contributed by atoms with Crippen molar-refractivity contribution in [1.29, 1.82) is 0 Å². The number of anilines is 2. The standard InChI is InChI=1S/C30H36N4O5S/c1-21-20-32(30(36)39-26-11-7-4-8-12-26)29-19-24(15-18-28(29)33(21)22(2)35)23-13-16-27(17-14-23)40(37,38)34(31)25-9-5-3-6-10-25/h3,5,9,13-19,21,26H,4,6-8,10-12,20,31H2,1-2H3. The highest BCUT2D eigenvalue weighted by atomic mass is 32.2. The Morgan fingerprint density at radius 1 is 1.00 bits per heavy atom. The van der Waals surface area contributed by atoms with Gasteiger partial charge in [-0.2, -0.15) is 8.42 Å². The molecule has 5 rings (SSSR count). The summed E-state index contributed by atoms with van der Waals surface area (Å²) in [5.41, 5.74) is 3.31. The Balaban J connectivity index is 1.44. The Morgan fingerprint density at radius 3 is 2.35 bits per heavy atom. The van der Waals surface area contributed by atoms with Crippen LogP contribution in [0.2, 0.25) is 0 Å². The molecule has 2 aromatic carbocycles. The minimum atomic E-state index is -3.91. The Bertz CT molecular complexity index is 1440. The molecule has 212 valence electrons. The van der Waals surface area contributed by atoms with Crippen molar-refractivity contribution in [1.82, 2.24) is 4.41 Å². The van der Waals surface area contributed by atoms with Gasteiger partial charge in [-0.05, 0) is 86.9 Å². The summed E-state index contributed by atoms with van der Waals surface area (Å²) in [4.78, 5) is 29.3. The monoisotopic (exact) mass is 564 g/mol. The van der Waals surface area contributed by atoms with Gasteiger partial charge in [0.1, 0.15) is 6.10 Å². The molecule has 0 radical (unpaired) electrons. The summed E-state index contributed by atoms with van der Waals surface area (Å²) in [6.07, 6.45) is 11.3. The molecule has 0 bridgehead atoms. The molecule has 2 amide bonds. The van der Waals surface area contributed by atoms with Gasteiger partial charge in [0.2, 0.25) is 5.91 Å². The maximum absolute atomic E-state index is 13.4. The smallest absolute Gasteiger partial charge is 0.414 e. The number of benzene rings is 2. The molecule has 1 saturated carbocycles. The number of carbonyl (C=O) groups excluding carboxylic acids is 2. The number of fused-ring (bicyclic) bond motifs is 1. The molecule has 1 aliphatic heterocycles. The van der Waals surface area contributed by atoms with Crippen LogP contribution in [0.3, 0.4) is 0 Å². The van der Waals surface area contributed by atoms with E-state index in [0.717, 1.165) is 54.1 Å². The van der Waals surface area contributed by atoms with Crippen LogP contribution in [0, 0.1) is 0 Å². The zero-order valence-electron chi connectivity index (χ0n) is 23.0. The first-order valence-corrected chi connectivity index (χ1v) is 15.3. The van der Waals surface area contributed by atoms with Crippen molar-refractivity contribution in [2.45, 2.75) is 75.8 Å². The lowest BCUT2D eigenvalue weighted by atomic mass is 9.98. The Labute approximate surface area is 235 Å². The third kappa shape index (κ3) is 5.51. The molecule has 1 heterocycles. The van der Waals surface area contributed by atoms with Crippen LogP contribution in [-0.2, 0) is 19.6 Å². The normalized spacial score (nSPS) is 19.6. The number of allylic oxidation sites excluding steroid dienone is 4. The highest BCUT2D eigenvalue weighted by Gasteiger charge is 2.35. The number of hydrogen-bond acceptors (Lipinski definition) is 6. The van der Waals surface area contributed by atoms with Crippen molar-refractivity contribution in [2.24, 2.45) is 5.84 Å². The Kier molecular flexibility index (Phi) is 8.00. The second kappa shape index (κ2) is 11.5. The predicted octanol–water partition coefficient (Wildman–Crippen LogP) is 5.48. The van der Waals surface area contributed by atoms with Gasteiger partial charge in [-0.15, -0.1) is 0 Å². The maximum Gasteiger partial charge on any atom is 0.414 e. The van der Waals surface area contributed by atoms with Crippen molar-refractivity contribution in [3.8, 4) is 11.1 Å². The molecular weight excluding hydrogens is 528 g/mol. The Hall–Kier alpha value is -3.63.